The third-order valence-electron chi connectivity index (χ3n) is 2.81. The van der Waals surface area contributed by atoms with Gasteiger partial charge in [-0.25, -0.2) is 14.2 Å². The Morgan fingerprint density at radius 2 is 2.15 bits per heavy atom. The monoisotopic (exact) mass is 295 g/mol. The third kappa shape index (κ3) is 2.72. The van der Waals surface area contributed by atoms with E-state index >= 15 is 0 Å². The number of nitrogen functional groups attached to an aromatic ring is 1. The zero-order valence-corrected chi connectivity index (χ0v) is 12.1. The molecule has 5 nitrogen and oxygen atoms in total. The van der Waals surface area contributed by atoms with Crippen molar-refractivity contribution >= 4 is 33.8 Å². The molecule has 1 aromatic heterocycles. The first-order chi connectivity index (χ1) is 9.42. The molecule has 20 heavy (non-hydrogen) atoms. The lowest BCUT2D eigenvalue weighted by Gasteiger charge is -2.09. The van der Waals surface area contributed by atoms with Gasteiger partial charge in [0, 0.05) is 10.6 Å². The zero-order chi connectivity index (χ0) is 14.9. The van der Waals surface area contributed by atoms with Gasteiger partial charge in [-0.15, -0.1) is 11.3 Å². The van der Waals surface area contributed by atoms with Crippen molar-refractivity contribution in [1.29, 1.82) is 0 Å². The van der Waals surface area contributed by atoms with Crippen LogP contribution in [0.4, 0.5) is 20.9 Å². The normalized spacial score (nSPS) is 10.4. The number of aromatic nitrogens is 1. The molecule has 1 aromatic carbocycles. The Kier molecular flexibility index (Phi) is 3.89. The summed E-state index contributed by atoms with van der Waals surface area (Å²) >= 11 is 1.41. The minimum Gasteiger partial charge on any atom is -0.465 e. The Hall–Kier alpha value is -2.15. The van der Waals surface area contributed by atoms with Crippen LogP contribution in [0.3, 0.4) is 0 Å². The second-order valence-electron chi connectivity index (χ2n) is 4.20. The molecule has 0 spiro atoms. The van der Waals surface area contributed by atoms with Crippen molar-refractivity contribution in [3.63, 3.8) is 0 Å². The average Bonchev–Trinajstić information content (AvgIpc) is 2.71. The maximum Gasteiger partial charge on any atom is 0.340 e. The van der Waals surface area contributed by atoms with Crippen molar-refractivity contribution in [2.75, 3.05) is 18.2 Å². The molecular formula is C13H14FN3O2S. The molecule has 0 aliphatic heterocycles. The minimum absolute atomic E-state index is 0.0337. The average molecular weight is 295 g/mol. The SMILES string of the molecule is COC(=O)c1cc(Nc2nc(C)c(C)s2)c(F)cc1N. The summed E-state index contributed by atoms with van der Waals surface area (Å²) in [6.45, 7) is 3.80. The lowest BCUT2D eigenvalue weighted by atomic mass is 10.1. The van der Waals surface area contributed by atoms with E-state index in [2.05, 4.69) is 15.0 Å². The molecule has 0 aliphatic carbocycles. The molecule has 2 aromatic rings. The highest BCUT2D eigenvalue weighted by atomic mass is 32.1. The van der Waals surface area contributed by atoms with Crippen molar-refractivity contribution < 1.29 is 13.9 Å². The van der Waals surface area contributed by atoms with E-state index < -0.39 is 11.8 Å². The quantitative estimate of drug-likeness (QED) is 0.672. The fourth-order valence-electron chi connectivity index (χ4n) is 1.61. The van der Waals surface area contributed by atoms with Crippen LogP contribution in [0.5, 0.6) is 0 Å². The van der Waals surface area contributed by atoms with Gasteiger partial charge in [0.05, 0.1) is 24.1 Å². The smallest absolute Gasteiger partial charge is 0.340 e. The van der Waals surface area contributed by atoms with E-state index in [9.17, 15) is 9.18 Å². The van der Waals surface area contributed by atoms with Crippen LogP contribution in [0.2, 0.25) is 0 Å². The highest BCUT2D eigenvalue weighted by Crippen LogP contribution is 2.29. The molecule has 0 saturated carbocycles. The van der Waals surface area contributed by atoms with E-state index in [0.717, 1.165) is 16.6 Å². The maximum absolute atomic E-state index is 13.9. The predicted molar refractivity (Wildman–Crippen MR) is 77.0 cm³/mol. The van der Waals surface area contributed by atoms with E-state index in [1.807, 2.05) is 13.8 Å². The van der Waals surface area contributed by atoms with Crippen molar-refractivity contribution in [3.8, 4) is 0 Å². The van der Waals surface area contributed by atoms with E-state index in [1.54, 1.807) is 0 Å². The molecular weight excluding hydrogens is 281 g/mol. The van der Waals surface area contributed by atoms with Crippen molar-refractivity contribution in [1.82, 2.24) is 4.98 Å². The number of carbonyl (C=O) groups is 1. The van der Waals surface area contributed by atoms with Crippen molar-refractivity contribution in [3.05, 3.63) is 34.1 Å². The highest BCUT2D eigenvalue weighted by Gasteiger charge is 2.15. The number of rotatable bonds is 3. The molecule has 0 radical (unpaired) electrons. The fourth-order valence-corrected chi connectivity index (χ4v) is 2.44. The van der Waals surface area contributed by atoms with Crippen LogP contribution in [-0.2, 0) is 4.74 Å². The third-order valence-corrected chi connectivity index (χ3v) is 3.80. The van der Waals surface area contributed by atoms with E-state index in [4.69, 9.17) is 5.73 Å². The molecule has 1 heterocycles. The first-order valence-electron chi connectivity index (χ1n) is 5.80. The number of benzene rings is 1. The minimum atomic E-state index is -0.614. The van der Waals surface area contributed by atoms with Crippen molar-refractivity contribution in [2.24, 2.45) is 0 Å². The zero-order valence-electron chi connectivity index (χ0n) is 11.3. The molecule has 0 bridgehead atoms. The Labute approximate surface area is 119 Å². The summed E-state index contributed by atoms with van der Waals surface area (Å²) in [7, 11) is 1.24. The number of nitrogens with zero attached hydrogens (tertiary/aromatic N) is 1. The number of carbonyl (C=O) groups excluding carboxylic acids is 1. The number of methoxy groups -OCH3 is 1. The predicted octanol–water partition coefficient (Wildman–Crippen LogP) is 3.01. The van der Waals surface area contributed by atoms with Crippen LogP contribution in [0.1, 0.15) is 20.9 Å². The Morgan fingerprint density at radius 1 is 1.45 bits per heavy atom. The van der Waals surface area contributed by atoms with Crippen LogP contribution < -0.4 is 11.1 Å². The number of esters is 1. The van der Waals surface area contributed by atoms with Crippen LogP contribution in [0.25, 0.3) is 0 Å². The molecule has 0 unspecified atom stereocenters. The largest absolute Gasteiger partial charge is 0.465 e. The molecule has 0 amide bonds. The summed E-state index contributed by atoms with van der Waals surface area (Å²) in [4.78, 5) is 16.8. The van der Waals surface area contributed by atoms with Gasteiger partial charge in [0.25, 0.3) is 0 Å². The summed E-state index contributed by atoms with van der Waals surface area (Å²) in [6, 6.07) is 2.41. The van der Waals surface area contributed by atoms with E-state index in [-0.39, 0.29) is 16.9 Å². The number of thiazole rings is 1. The van der Waals surface area contributed by atoms with Crippen LogP contribution in [0, 0.1) is 19.7 Å². The molecule has 0 atom stereocenters. The van der Waals surface area contributed by atoms with Crippen molar-refractivity contribution in [2.45, 2.75) is 13.8 Å². The van der Waals surface area contributed by atoms with Gasteiger partial charge in [0.1, 0.15) is 5.82 Å². The highest BCUT2D eigenvalue weighted by molar-refractivity contribution is 7.15. The second kappa shape index (κ2) is 5.46. The van der Waals surface area contributed by atoms with Gasteiger partial charge in [-0.2, -0.15) is 0 Å². The van der Waals surface area contributed by atoms with Crippen LogP contribution in [-0.4, -0.2) is 18.1 Å². The van der Waals surface area contributed by atoms with E-state index in [1.165, 1.54) is 24.5 Å². The molecule has 106 valence electrons. The number of halogens is 1. The summed E-state index contributed by atoms with van der Waals surface area (Å²) in [5.74, 6) is -1.17. The standard InChI is InChI=1S/C13H14FN3O2S/c1-6-7(2)20-13(16-6)17-11-4-8(12(18)19-3)10(15)5-9(11)14/h4-5H,15H2,1-3H3,(H,16,17). The number of hydrogen-bond donors (Lipinski definition) is 2. The van der Waals surface area contributed by atoms with E-state index in [0.29, 0.717) is 5.13 Å². The lowest BCUT2D eigenvalue weighted by Crippen LogP contribution is -2.07. The maximum atomic E-state index is 13.9. The molecule has 3 N–H and O–H groups in total. The summed E-state index contributed by atoms with van der Waals surface area (Å²) in [5.41, 5.74) is 6.76. The number of anilines is 3. The number of nitrogens with one attached hydrogen (secondary N) is 1. The van der Waals surface area contributed by atoms with Crippen LogP contribution in [0.15, 0.2) is 12.1 Å². The second-order valence-corrected chi connectivity index (χ2v) is 5.40. The molecule has 2 rings (SSSR count). The molecule has 0 saturated heterocycles. The Morgan fingerprint density at radius 3 is 2.70 bits per heavy atom. The van der Waals surface area contributed by atoms with Gasteiger partial charge in [0.2, 0.25) is 0 Å². The fraction of sp³-hybridized carbons (Fsp3) is 0.231. The summed E-state index contributed by atoms with van der Waals surface area (Å²) < 4.78 is 18.5. The molecule has 0 fully saturated rings. The summed E-state index contributed by atoms with van der Waals surface area (Å²) in [5, 5.41) is 3.40. The Bertz CT molecular complexity index is 650. The van der Waals surface area contributed by atoms with Gasteiger partial charge in [0.15, 0.2) is 5.13 Å². The molecule has 0 aliphatic rings. The number of aryl methyl sites for hydroxylation is 2. The first-order valence-corrected chi connectivity index (χ1v) is 6.62. The first kappa shape index (κ1) is 14.3. The van der Waals surface area contributed by atoms with Gasteiger partial charge < -0.3 is 15.8 Å². The number of hydrogen-bond acceptors (Lipinski definition) is 6. The topological polar surface area (TPSA) is 77.2 Å². The van der Waals surface area contributed by atoms with Gasteiger partial charge in [-0.3, -0.25) is 0 Å². The summed E-state index contributed by atoms with van der Waals surface area (Å²) in [6.07, 6.45) is 0. The molecule has 7 heteroatoms. The van der Waals surface area contributed by atoms with Gasteiger partial charge in [-0.05, 0) is 26.0 Å². The van der Waals surface area contributed by atoms with Gasteiger partial charge >= 0.3 is 5.97 Å². The van der Waals surface area contributed by atoms with Crippen LogP contribution >= 0.6 is 11.3 Å². The number of ether oxygens (including phenoxy) is 1. The lowest BCUT2D eigenvalue weighted by molar-refractivity contribution is 0.0602. The number of nitrogens with two attached hydrogens (primary N) is 1. The van der Waals surface area contributed by atoms with Gasteiger partial charge in [-0.1, -0.05) is 0 Å². The Balaban J connectivity index is 2.38.